The summed E-state index contributed by atoms with van der Waals surface area (Å²) in [4.78, 5) is 49.9. The number of urea groups is 1. The zero-order valence-electron chi connectivity index (χ0n) is 18.1. The Labute approximate surface area is 199 Å². The number of pyridine rings is 1. The molecule has 0 unspecified atom stereocenters. The molecule has 2 bridgehead atoms. The maximum atomic E-state index is 13.0. The number of hydroxylamine groups is 2. The number of carbonyl (C=O) groups excluding carboxylic acids is 2. The summed E-state index contributed by atoms with van der Waals surface area (Å²) in [6.45, 7) is 0.808. The topological polar surface area (TPSA) is 112 Å². The zero-order valence-corrected chi connectivity index (χ0v) is 18.9. The van der Waals surface area contributed by atoms with Gasteiger partial charge in [-0.05, 0) is 41.3 Å². The second kappa shape index (κ2) is 9.24. The van der Waals surface area contributed by atoms with Crippen molar-refractivity contribution < 1.29 is 24.3 Å². The van der Waals surface area contributed by atoms with Crippen LogP contribution in [0.3, 0.4) is 0 Å². The van der Waals surface area contributed by atoms with Crippen molar-refractivity contribution in [3.63, 3.8) is 0 Å². The van der Waals surface area contributed by atoms with Crippen LogP contribution in [0.15, 0.2) is 60.9 Å². The first kappa shape index (κ1) is 22.1. The van der Waals surface area contributed by atoms with E-state index >= 15 is 0 Å². The van der Waals surface area contributed by atoms with Crippen molar-refractivity contribution in [3.05, 3.63) is 87.4 Å². The Bertz CT molecular complexity index is 1220. The van der Waals surface area contributed by atoms with Gasteiger partial charge in [0.15, 0.2) is 6.04 Å². The van der Waals surface area contributed by atoms with Crippen molar-refractivity contribution in [3.8, 4) is 0 Å². The summed E-state index contributed by atoms with van der Waals surface area (Å²) >= 11 is 1.11. The van der Waals surface area contributed by atoms with Crippen LogP contribution in [0.5, 0.6) is 0 Å². The number of carboxylic acids is 1. The predicted octanol–water partition coefficient (Wildman–Crippen LogP) is 3.17. The van der Waals surface area contributed by atoms with E-state index in [0.29, 0.717) is 28.3 Å². The Morgan fingerprint density at radius 3 is 2.65 bits per heavy atom. The standard InChI is InChI=1S/C24H22N4O5S/c29-22(26-11-8-15-6-9-25-10-7-15)19-12-17-18-13-27(20(23(30)31)21(17)34-19)24(32)28(18)33-14-16-4-2-1-3-5-16/h1-7,9-10,12,18,20H,8,11,13-14H2,(H,26,29)(H,30,31)/t18-,20+/m1/s1. The van der Waals surface area contributed by atoms with Crippen LogP contribution < -0.4 is 5.32 Å². The summed E-state index contributed by atoms with van der Waals surface area (Å²) in [6.07, 6.45) is 4.06. The van der Waals surface area contributed by atoms with Crippen LogP contribution in [-0.4, -0.2) is 51.1 Å². The largest absolute Gasteiger partial charge is 0.479 e. The van der Waals surface area contributed by atoms with Crippen LogP contribution in [-0.2, 0) is 22.7 Å². The third-order valence-corrected chi connectivity index (χ3v) is 7.12. The van der Waals surface area contributed by atoms with E-state index in [-0.39, 0.29) is 19.1 Å². The lowest BCUT2D eigenvalue weighted by molar-refractivity contribution is -0.143. The highest BCUT2D eigenvalue weighted by atomic mass is 32.1. The highest BCUT2D eigenvalue weighted by Gasteiger charge is 2.52. The smallest absolute Gasteiger partial charge is 0.345 e. The molecule has 1 fully saturated rings. The number of carbonyl (C=O) groups is 3. The van der Waals surface area contributed by atoms with Gasteiger partial charge in [0.2, 0.25) is 0 Å². The fourth-order valence-corrected chi connectivity index (χ4v) is 5.49. The number of carboxylic acid groups (broad SMARTS) is 1. The molecule has 0 radical (unpaired) electrons. The molecule has 0 spiro atoms. The fraction of sp³-hybridized carbons (Fsp3) is 0.250. The summed E-state index contributed by atoms with van der Waals surface area (Å²) < 4.78 is 0. The normalized spacial score (nSPS) is 18.6. The van der Waals surface area contributed by atoms with E-state index in [4.69, 9.17) is 4.84 Å². The number of amides is 3. The molecule has 3 amide bonds. The van der Waals surface area contributed by atoms with Crippen LogP contribution in [0, 0.1) is 0 Å². The molecule has 34 heavy (non-hydrogen) atoms. The number of benzene rings is 1. The van der Waals surface area contributed by atoms with Crippen LogP contribution in [0.1, 0.15) is 43.3 Å². The monoisotopic (exact) mass is 478 g/mol. The molecular formula is C24H22N4O5S. The first-order valence-electron chi connectivity index (χ1n) is 10.8. The maximum absolute atomic E-state index is 13.0. The van der Waals surface area contributed by atoms with Gasteiger partial charge in [0, 0.05) is 23.8 Å². The minimum Gasteiger partial charge on any atom is -0.479 e. The first-order valence-corrected chi connectivity index (χ1v) is 11.6. The number of fused-ring (bicyclic) bond motifs is 4. The molecule has 0 saturated carbocycles. The SMILES string of the molecule is O=C(NCCc1ccncc1)c1cc2c(s1)[C@@H](C(=O)O)N1C[C@H]2N(OCc2ccccc2)C1=O. The quantitative estimate of drug-likeness (QED) is 0.514. The Kier molecular flexibility index (Phi) is 5.99. The lowest BCUT2D eigenvalue weighted by atomic mass is 9.99. The lowest BCUT2D eigenvalue weighted by Gasteiger charge is -2.27. The summed E-state index contributed by atoms with van der Waals surface area (Å²) in [5.74, 6) is -1.41. The second-order valence-corrected chi connectivity index (χ2v) is 9.15. The molecule has 1 aromatic carbocycles. The van der Waals surface area contributed by atoms with Crippen molar-refractivity contribution >= 4 is 29.2 Å². The van der Waals surface area contributed by atoms with E-state index in [1.165, 1.54) is 9.96 Å². The number of nitrogens with zero attached hydrogens (tertiary/aromatic N) is 3. The highest BCUT2D eigenvalue weighted by molar-refractivity contribution is 7.14. The molecule has 2 aliphatic heterocycles. The summed E-state index contributed by atoms with van der Waals surface area (Å²) in [5, 5.41) is 14.0. The van der Waals surface area contributed by atoms with Crippen LogP contribution in [0.2, 0.25) is 0 Å². The molecule has 2 atom stereocenters. The summed E-state index contributed by atoms with van der Waals surface area (Å²) in [5.41, 5.74) is 2.59. The van der Waals surface area contributed by atoms with Crippen molar-refractivity contribution in [2.75, 3.05) is 13.1 Å². The van der Waals surface area contributed by atoms with Crippen LogP contribution in [0.4, 0.5) is 4.79 Å². The Hall–Kier alpha value is -3.76. The van der Waals surface area contributed by atoms with Crippen LogP contribution in [0.25, 0.3) is 0 Å². The lowest BCUT2D eigenvalue weighted by Crippen LogP contribution is -2.37. The van der Waals surface area contributed by atoms with Gasteiger partial charge in [-0.1, -0.05) is 30.3 Å². The number of nitrogens with one attached hydrogen (secondary N) is 1. The van der Waals surface area contributed by atoms with Gasteiger partial charge in [-0.2, -0.15) is 5.06 Å². The molecule has 0 aliphatic carbocycles. The molecule has 9 nitrogen and oxygen atoms in total. The molecule has 174 valence electrons. The molecule has 10 heteroatoms. The van der Waals surface area contributed by atoms with Crippen LogP contribution >= 0.6 is 11.3 Å². The van der Waals surface area contributed by atoms with Gasteiger partial charge in [-0.15, -0.1) is 11.3 Å². The Balaban J connectivity index is 1.34. The van der Waals surface area contributed by atoms with E-state index in [0.717, 1.165) is 22.5 Å². The Morgan fingerprint density at radius 1 is 1.15 bits per heavy atom. The van der Waals surface area contributed by atoms with Gasteiger partial charge in [0.25, 0.3) is 5.91 Å². The van der Waals surface area contributed by atoms with E-state index in [9.17, 15) is 19.5 Å². The molecule has 2 aliphatic rings. The van der Waals surface area contributed by atoms with Gasteiger partial charge in [-0.3, -0.25) is 14.6 Å². The predicted molar refractivity (Wildman–Crippen MR) is 123 cm³/mol. The second-order valence-electron chi connectivity index (χ2n) is 8.07. The summed E-state index contributed by atoms with van der Waals surface area (Å²) in [6, 6.07) is 12.8. The molecular weight excluding hydrogens is 456 g/mol. The molecule has 2 N–H and O–H groups in total. The molecule has 1 saturated heterocycles. The zero-order chi connectivity index (χ0) is 23.7. The number of hydrogen-bond donors (Lipinski definition) is 2. The van der Waals surface area contributed by atoms with Gasteiger partial charge < -0.3 is 15.3 Å². The number of rotatable bonds is 8. The molecule has 4 heterocycles. The maximum Gasteiger partial charge on any atom is 0.345 e. The van der Waals surface area contributed by atoms with Crippen molar-refractivity contribution in [1.29, 1.82) is 0 Å². The molecule has 3 aromatic rings. The van der Waals surface area contributed by atoms with E-state index in [1.54, 1.807) is 18.5 Å². The number of aliphatic carboxylic acids is 1. The minimum absolute atomic E-state index is 0.177. The fourth-order valence-electron chi connectivity index (χ4n) is 4.25. The molecule has 2 aromatic heterocycles. The first-order chi connectivity index (χ1) is 16.5. The van der Waals surface area contributed by atoms with E-state index in [1.807, 2.05) is 42.5 Å². The van der Waals surface area contributed by atoms with Crippen molar-refractivity contribution in [2.24, 2.45) is 0 Å². The van der Waals surface area contributed by atoms with Gasteiger partial charge in [0.05, 0.1) is 11.4 Å². The number of thiophene rings is 1. The van der Waals surface area contributed by atoms with Crippen molar-refractivity contribution in [1.82, 2.24) is 20.3 Å². The van der Waals surface area contributed by atoms with Gasteiger partial charge in [0.1, 0.15) is 12.6 Å². The van der Waals surface area contributed by atoms with Crippen molar-refractivity contribution in [2.45, 2.75) is 25.1 Å². The average molecular weight is 479 g/mol. The van der Waals surface area contributed by atoms with E-state index < -0.39 is 24.1 Å². The van der Waals surface area contributed by atoms with Gasteiger partial charge in [-0.25, -0.2) is 9.59 Å². The Morgan fingerprint density at radius 2 is 1.91 bits per heavy atom. The summed E-state index contributed by atoms with van der Waals surface area (Å²) in [7, 11) is 0. The number of aromatic nitrogens is 1. The van der Waals surface area contributed by atoms with Gasteiger partial charge >= 0.3 is 12.0 Å². The third-order valence-electron chi connectivity index (χ3n) is 5.92. The number of hydrogen-bond acceptors (Lipinski definition) is 6. The third kappa shape index (κ3) is 4.13. The average Bonchev–Trinajstić information content (AvgIpc) is 3.40. The van der Waals surface area contributed by atoms with E-state index in [2.05, 4.69) is 10.3 Å². The highest BCUT2D eigenvalue weighted by Crippen LogP contribution is 2.47. The minimum atomic E-state index is -1.15. The molecule has 5 rings (SSSR count).